The van der Waals surface area contributed by atoms with Crippen LogP contribution in [0.25, 0.3) is 0 Å². The second kappa shape index (κ2) is 10.8. The molecule has 10 heteroatoms. The summed E-state index contributed by atoms with van der Waals surface area (Å²) in [6.45, 7) is 3.56. The van der Waals surface area contributed by atoms with E-state index in [0.29, 0.717) is 29.1 Å². The van der Waals surface area contributed by atoms with Crippen LogP contribution in [0.2, 0.25) is 0 Å². The fraction of sp³-hybridized carbons (Fsp3) is 0.474. The lowest BCUT2D eigenvalue weighted by molar-refractivity contribution is -0.119. The number of halogens is 2. The SMILES string of the molecule is O=C(CSc1ccc(C(=O)O)s1)NC[C@H]1CN(CC2C=C(Cl)C(Cl)=CC2)CCO1. The Morgan fingerprint density at radius 1 is 1.34 bits per heavy atom. The molecule has 1 aliphatic heterocycles. The Morgan fingerprint density at radius 3 is 2.90 bits per heavy atom. The van der Waals surface area contributed by atoms with Crippen molar-refractivity contribution in [1.82, 2.24) is 10.2 Å². The quantitative estimate of drug-likeness (QED) is 0.557. The van der Waals surface area contributed by atoms with Crippen LogP contribution in [0.5, 0.6) is 0 Å². The molecule has 2 atom stereocenters. The number of thioether (sulfide) groups is 1. The summed E-state index contributed by atoms with van der Waals surface area (Å²) in [6, 6.07) is 3.28. The fourth-order valence-electron chi connectivity index (χ4n) is 3.16. The Balaban J connectivity index is 1.37. The van der Waals surface area contributed by atoms with Crippen LogP contribution in [0, 0.1) is 5.92 Å². The molecular weight excluding hydrogens is 455 g/mol. The number of hydrogen-bond donors (Lipinski definition) is 2. The number of ether oxygens (including phenoxy) is 1. The minimum atomic E-state index is -0.949. The van der Waals surface area contributed by atoms with Crippen molar-refractivity contribution in [1.29, 1.82) is 0 Å². The van der Waals surface area contributed by atoms with Gasteiger partial charge in [-0.1, -0.05) is 35.4 Å². The minimum Gasteiger partial charge on any atom is -0.477 e. The maximum atomic E-state index is 12.1. The van der Waals surface area contributed by atoms with E-state index in [4.69, 9.17) is 33.0 Å². The maximum Gasteiger partial charge on any atom is 0.345 e. The van der Waals surface area contributed by atoms with E-state index in [2.05, 4.69) is 10.2 Å². The Morgan fingerprint density at radius 2 is 2.17 bits per heavy atom. The molecule has 2 aliphatic rings. The van der Waals surface area contributed by atoms with Gasteiger partial charge in [-0.25, -0.2) is 4.79 Å². The van der Waals surface area contributed by atoms with Crippen molar-refractivity contribution >= 4 is 58.2 Å². The number of allylic oxidation sites excluding steroid dienone is 3. The first-order chi connectivity index (χ1) is 13.9. The number of hydrogen-bond acceptors (Lipinski definition) is 6. The van der Waals surface area contributed by atoms with Gasteiger partial charge in [-0.05, 0) is 24.5 Å². The molecule has 1 aliphatic carbocycles. The third-order valence-electron chi connectivity index (χ3n) is 4.59. The first kappa shape index (κ1) is 22.7. The van der Waals surface area contributed by atoms with Crippen molar-refractivity contribution in [3.63, 3.8) is 0 Å². The molecule has 2 N–H and O–H groups in total. The van der Waals surface area contributed by atoms with E-state index in [1.807, 2.05) is 12.2 Å². The fourth-order valence-corrected chi connectivity index (χ4v) is 5.37. The molecule has 158 valence electrons. The molecular formula is C19H22Cl2N2O4S2. The molecule has 29 heavy (non-hydrogen) atoms. The monoisotopic (exact) mass is 476 g/mol. The normalized spacial score (nSPS) is 22.7. The summed E-state index contributed by atoms with van der Waals surface area (Å²) in [5.41, 5.74) is 0. The summed E-state index contributed by atoms with van der Waals surface area (Å²) in [5.74, 6) is -0.469. The maximum absolute atomic E-state index is 12.1. The predicted octanol–water partition coefficient (Wildman–Crippen LogP) is 3.62. The molecule has 1 fully saturated rings. The highest BCUT2D eigenvalue weighted by Gasteiger charge is 2.24. The van der Waals surface area contributed by atoms with Crippen LogP contribution < -0.4 is 5.32 Å². The van der Waals surface area contributed by atoms with E-state index < -0.39 is 5.97 Å². The van der Waals surface area contributed by atoms with Gasteiger partial charge in [0, 0.05) is 26.2 Å². The second-order valence-corrected chi connectivity index (χ2v) is 10.0. The van der Waals surface area contributed by atoms with E-state index in [1.165, 1.54) is 23.1 Å². The highest BCUT2D eigenvalue weighted by molar-refractivity contribution is 8.01. The number of thiophene rings is 1. The summed E-state index contributed by atoms with van der Waals surface area (Å²) in [6.07, 6.45) is 4.78. The minimum absolute atomic E-state index is 0.0553. The smallest absolute Gasteiger partial charge is 0.345 e. The van der Waals surface area contributed by atoms with Gasteiger partial charge in [0.1, 0.15) is 4.88 Å². The second-order valence-electron chi connectivity index (χ2n) is 6.83. The van der Waals surface area contributed by atoms with Gasteiger partial charge in [0.25, 0.3) is 0 Å². The van der Waals surface area contributed by atoms with Crippen LogP contribution in [0.1, 0.15) is 16.1 Å². The van der Waals surface area contributed by atoms with Crippen LogP contribution in [0.15, 0.2) is 38.6 Å². The van der Waals surface area contributed by atoms with Crippen LogP contribution in [0.4, 0.5) is 0 Å². The summed E-state index contributed by atoms with van der Waals surface area (Å²) >= 11 is 14.6. The lowest BCUT2D eigenvalue weighted by Gasteiger charge is -2.35. The number of morpholine rings is 1. The molecule has 0 spiro atoms. The van der Waals surface area contributed by atoms with Crippen molar-refractivity contribution in [2.75, 3.05) is 38.5 Å². The van der Waals surface area contributed by atoms with Crippen molar-refractivity contribution in [3.8, 4) is 0 Å². The molecule has 0 saturated carbocycles. The molecule has 1 amide bonds. The molecule has 1 saturated heterocycles. The average molecular weight is 477 g/mol. The van der Waals surface area contributed by atoms with Crippen LogP contribution >= 0.6 is 46.3 Å². The molecule has 1 unspecified atom stereocenters. The van der Waals surface area contributed by atoms with Gasteiger partial charge < -0.3 is 15.2 Å². The number of nitrogens with zero attached hydrogens (tertiary/aromatic N) is 1. The van der Waals surface area contributed by atoms with Crippen LogP contribution in [0.3, 0.4) is 0 Å². The van der Waals surface area contributed by atoms with Gasteiger partial charge in [-0.3, -0.25) is 9.69 Å². The number of carboxylic acid groups (broad SMARTS) is 1. The number of rotatable bonds is 8. The number of carbonyl (C=O) groups excluding carboxylic acids is 1. The third kappa shape index (κ3) is 7.01. The van der Waals surface area contributed by atoms with Gasteiger partial charge >= 0.3 is 5.97 Å². The topological polar surface area (TPSA) is 78.9 Å². The van der Waals surface area contributed by atoms with Crippen molar-refractivity contribution in [3.05, 3.63) is 39.2 Å². The molecule has 3 rings (SSSR count). The number of carbonyl (C=O) groups is 2. The third-order valence-corrected chi connectivity index (χ3v) is 7.67. The Labute approximate surface area is 187 Å². The summed E-state index contributed by atoms with van der Waals surface area (Å²) in [4.78, 5) is 25.6. The Bertz CT molecular complexity index is 812. The number of carboxylic acids is 1. The van der Waals surface area contributed by atoms with Gasteiger partial charge in [0.2, 0.25) is 5.91 Å². The lowest BCUT2D eigenvalue weighted by Crippen LogP contribution is -2.48. The summed E-state index contributed by atoms with van der Waals surface area (Å²) in [5, 5.41) is 13.1. The average Bonchev–Trinajstić information content (AvgIpc) is 3.17. The molecule has 0 aromatic carbocycles. The Kier molecular flexibility index (Phi) is 8.46. The molecule has 6 nitrogen and oxygen atoms in total. The largest absolute Gasteiger partial charge is 0.477 e. The summed E-state index contributed by atoms with van der Waals surface area (Å²) < 4.78 is 6.59. The van der Waals surface area contributed by atoms with Crippen molar-refractivity contribution in [2.45, 2.75) is 16.7 Å². The molecule has 0 bridgehead atoms. The number of nitrogens with one attached hydrogen (secondary N) is 1. The predicted molar refractivity (Wildman–Crippen MR) is 117 cm³/mol. The molecule has 0 radical (unpaired) electrons. The van der Waals surface area contributed by atoms with E-state index in [0.717, 1.165) is 30.3 Å². The van der Waals surface area contributed by atoms with E-state index in [1.54, 1.807) is 12.1 Å². The van der Waals surface area contributed by atoms with Gasteiger partial charge in [-0.15, -0.1) is 23.1 Å². The first-order valence-corrected chi connectivity index (χ1v) is 11.8. The van der Waals surface area contributed by atoms with E-state index in [9.17, 15) is 9.59 Å². The van der Waals surface area contributed by atoms with Gasteiger partial charge in [0.15, 0.2) is 0 Å². The van der Waals surface area contributed by atoms with Gasteiger partial charge in [0.05, 0.1) is 32.7 Å². The van der Waals surface area contributed by atoms with Crippen LogP contribution in [-0.2, 0) is 9.53 Å². The number of amides is 1. The zero-order valence-electron chi connectivity index (χ0n) is 15.6. The molecule has 1 aromatic rings. The first-order valence-electron chi connectivity index (χ1n) is 9.20. The zero-order valence-corrected chi connectivity index (χ0v) is 18.8. The van der Waals surface area contributed by atoms with Crippen molar-refractivity contribution < 1.29 is 19.4 Å². The van der Waals surface area contributed by atoms with E-state index >= 15 is 0 Å². The highest BCUT2D eigenvalue weighted by atomic mass is 35.5. The highest BCUT2D eigenvalue weighted by Crippen LogP contribution is 2.29. The van der Waals surface area contributed by atoms with Gasteiger partial charge in [-0.2, -0.15) is 0 Å². The lowest BCUT2D eigenvalue weighted by atomic mass is 9.99. The zero-order chi connectivity index (χ0) is 20.8. The van der Waals surface area contributed by atoms with Crippen molar-refractivity contribution in [2.24, 2.45) is 5.92 Å². The van der Waals surface area contributed by atoms with Crippen LogP contribution in [-0.4, -0.2) is 66.5 Å². The molecule has 2 heterocycles. The van der Waals surface area contributed by atoms with E-state index in [-0.39, 0.29) is 22.6 Å². The Hall–Kier alpha value is -1.03. The number of aromatic carboxylic acids is 1. The summed E-state index contributed by atoms with van der Waals surface area (Å²) in [7, 11) is 0. The molecule has 1 aromatic heterocycles. The standard InChI is InChI=1S/C19H22Cl2N2O4S2/c20-14-2-1-12(7-15(14)21)9-23-5-6-27-13(10-23)8-22-17(24)11-28-18-4-3-16(29-18)19(25)26/h2-4,7,12-13H,1,5-6,8-11H2,(H,22,24)(H,25,26)/t12?,13-/m0/s1.